The lowest BCUT2D eigenvalue weighted by Crippen LogP contribution is -2.43. The zero-order chi connectivity index (χ0) is 17.7. The van der Waals surface area contributed by atoms with Crippen LogP contribution in [0.1, 0.15) is 93.9 Å². The van der Waals surface area contributed by atoms with Gasteiger partial charge in [0, 0.05) is 0 Å². The van der Waals surface area contributed by atoms with Crippen LogP contribution in [0.5, 0.6) is 0 Å². The van der Waals surface area contributed by atoms with Gasteiger partial charge < -0.3 is 0 Å². The fourth-order valence-electron chi connectivity index (χ4n) is 9.71. The van der Waals surface area contributed by atoms with Gasteiger partial charge in [-0.2, -0.15) is 0 Å². The third-order valence-electron chi connectivity index (χ3n) is 11.5. The summed E-state index contributed by atoms with van der Waals surface area (Å²) >= 11 is 0. The predicted octanol–water partition coefficient (Wildman–Crippen LogP) is 7.18. The highest BCUT2D eigenvalue weighted by Crippen LogP contribution is 2.80. The highest BCUT2D eigenvalue weighted by atomic mass is 14.8. The van der Waals surface area contributed by atoms with Crippen molar-refractivity contribution in [3.05, 3.63) is 0 Å². The van der Waals surface area contributed by atoms with Crippen LogP contribution < -0.4 is 0 Å². The molecule has 4 aliphatic rings. The normalized spacial score (nSPS) is 57.0. The van der Waals surface area contributed by atoms with Crippen molar-refractivity contribution in [1.29, 1.82) is 0 Å². The molecule has 0 N–H and O–H groups in total. The summed E-state index contributed by atoms with van der Waals surface area (Å²) in [6.45, 7) is 20.9. The molecule has 0 radical (unpaired) electrons. The lowest BCUT2D eigenvalue weighted by molar-refractivity contribution is -0.0148. The topological polar surface area (TPSA) is 0 Å². The summed E-state index contributed by atoms with van der Waals surface area (Å²) in [6.07, 6.45) is 8.85. The maximum atomic E-state index is 2.71. The first kappa shape index (κ1) is 17.4. The van der Waals surface area contributed by atoms with Crippen molar-refractivity contribution >= 4 is 0 Å². The van der Waals surface area contributed by atoms with Crippen LogP contribution in [0.3, 0.4) is 0 Å². The Morgan fingerprint density at radius 2 is 1.25 bits per heavy atom. The molecule has 4 saturated carbocycles. The molecular weight excluding hydrogens is 288 g/mol. The van der Waals surface area contributed by atoms with Gasteiger partial charge in [0.15, 0.2) is 0 Å². The molecule has 0 aromatic rings. The summed E-state index contributed by atoms with van der Waals surface area (Å²) in [5.41, 5.74) is 2.30. The quantitative estimate of drug-likeness (QED) is 0.514. The highest BCUT2D eigenvalue weighted by Gasteiger charge is 2.73. The second-order valence-electron chi connectivity index (χ2n) is 11.8. The number of fused-ring (bicyclic) bond motifs is 4. The Labute approximate surface area is 151 Å². The van der Waals surface area contributed by atoms with Crippen molar-refractivity contribution in [2.75, 3.05) is 0 Å². The Balaban J connectivity index is 1.81. The second kappa shape index (κ2) is 4.83. The fraction of sp³-hybridized carbons (Fsp3) is 1.00. The molecule has 0 aliphatic heterocycles. The molecule has 24 heavy (non-hydrogen) atoms. The maximum Gasteiger partial charge on any atom is -0.0238 e. The molecule has 4 rings (SSSR count). The molecule has 8 unspecified atom stereocenters. The largest absolute Gasteiger partial charge is 0.0651 e. The van der Waals surface area contributed by atoms with Gasteiger partial charge in [0.25, 0.3) is 0 Å². The Bertz CT molecular complexity index is 528. The van der Waals surface area contributed by atoms with Crippen LogP contribution in [0.25, 0.3) is 0 Å². The Morgan fingerprint density at radius 1 is 0.708 bits per heavy atom. The zero-order valence-corrected chi connectivity index (χ0v) is 17.7. The molecule has 0 saturated heterocycles. The minimum atomic E-state index is 0.555. The van der Waals surface area contributed by atoms with E-state index in [9.17, 15) is 0 Å². The van der Waals surface area contributed by atoms with Crippen LogP contribution in [0, 0.1) is 57.2 Å². The van der Waals surface area contributed by atoms with Crippen LogP contribution in [0.4, 0.5) is 0 Å². The first-order valence-electron chi connectivity index (χ1n) is 11.1. The van der Waals surface area contributed by atoms with Crippen molar-refractivity contribution in [2.45, 2.75) is 93.9 Å². The molecule has 0 aromatic heterocycles. The second-order valence-corrected chi connectivity index (χ2v) is 11.8. The molecule has 0 aromatic carbocycles. The van der Waals surface area contributed by atoms with E-state index in [4.69, 9.17) is 0 Å². The molecule has 0 spiro atoms. The molecule has 0 heteroatoms. The van der Waals surface area contributed by atoms with Crippen molar-refractivity contribution in [3.63, 3.8) is 0 Å². The molecular formula is C24H42. The van der Waals surface area contributed by atoms with Gasteiger partial charge in [0.2, 0.25) is 0 Å². The molecule has 4 fully saturated rings. The maximum absolute atomic E-state index is 2.71. The lowest BCUT2D eigenvalue weighted by atomic mass is 9.55. The first-order valence-corrected chi connectivity index (χ1v) is 11.1. The summed E-state index contributed by atoms with van der Waals surface area (Å²) in [5, 5.41) is 0. The summed E-state index contributed by atoms with van der Waals surface area (Å²) in [5.74, 6) is 5.94. The standard InChI is InChI=1S/C24H42/c1-9-15-17-11-14-24(8,21(17,3)4)20(15)19-16(10-2)23(7)13-12-18(19)22(23,5)6/h15-20H,9-14H2,1-8H3. The van der Waals surface area contributed by atoms with Crippen molar-refractivity contribution < 1.29 is 0 Å². The summed E-state index contributed by atoms with van der Waals surface area (Å²) < 4.78 is 0. The van der Waals surface area contributed by atoms with E-state index in [0.717, 1.165) is 35.5 Å². The van der Waals surface area contributed by atoms with Crippen LogP contribution >= 0.6 is 0 Å². The van der Waals surface area contributed by atoms with E-state index in [1.807, 2.05) is 0 Å². The summed E-state index contributed by atoms with van der Waals surface area (Å²) in [4.78, 5) is 0. The molecule has 8 atom stereocenters. The van der Waals surface area contributed by atoms with Crippen LogP contribution in [-0.2, 0) is 0 Å². The summed E-state index contributed by atoms with van der Waals surface area (Å²) in [7, 11) is 0. The average molecular weight is 331 g/mol. The third kappa shape index (κ3) is 1.59. The molecule has 0 amide bonds. The number of hydrogen-bond donors (Lipinski definition) is 0. The van der Waals surface area contributed by atoms with Gasteiger partial charge in [0.05, 0.1) is 0 Å². The minimum Gasteiger partial charge on any atom is -0.0651 e. The fourth-order valence-corrected chi connectivity index (χ4v) is 9.71. The van der Waals surface area contributed by atoms with Gasteiger partial charge in [-0.15, -0.1) is 0 Å². The lowest BCUT2D eigenvalue weighted by Gasteiger charge is -2.49. The molecule has 0 heterocycles. The Kier molecular flexibility index (Phi) is 3.51. The SMILES string of the molecule is CCC1C2CCC(C)(C1C1C3CCC(C)(C1CC)C3(C)C)C2(C)C. The van der Waals surface area contributed by atoms with Crippen molar-refractivity contribution in [3.8, 4) is 0 Å². The molecule has 4 bridgehead atoms. The van der Waals surface area contributed by atoms with E-state index < -0.39 is 0 Å². The van der Waals surface area contributed by atoms with Gasteiger partial charge >= 0.3 is 0 Å². The molecule has 4 aliphatic carbocycles. The third-order valence-corrected chi connectivity index (χ3v) is 11.5. The van der Waals surface area contributed by atoms with Gasteiger partial charge in [0.1, 0.15) is 0 Å². The predicted molar refractivity (Wildman–Crippen MR) is 104 cm³/mol. The van der Waals surface area contributed by atoms with Crippen LogP contribution in [0.2, 0.25) is 0 Å². The van der Waals surface area contributed by atoms with Gasteiger partial charge in [-0.05, 0) is 82.9 Å². The minimum absolute atomic E-state index is 0.555. The van der Waals surface area contributed by atoms with E-state index >= 15 is 0 Å². The summed E-state index contributed by atoms with van der Waals surface area (Å²) in [6, 6.07) is 0. The number of hydrogen-bond acceptors (Lipinski definition) is 0. The van der Waals surface area contributed by atoms with Gasteiger partial charge in [-0.1, -0.05) is 68.2 Å². The monoisotopic (exact) mass is 330 g/mol. The Morgan fingerprint density at radius 3 is 1.83 bits per heavy atom. The van der Waals surface area contributed by atoms with E-state index in [1.165, 1.54) is 38.5 Å². The van der Waals surface area contributed by atoms with Crippen LogP contribution in [0.15, 0.2) is 0 Å². The highest BCUT2D eigenvalue weighted by molar-refractivity contribution is 5.21. The zero-order valence-electron chi connectivity index (χ0n) is 17.7. The van der Waals surface area contributed by atoms with Gasteiger partial charge in [-0.3, -0.25) is 0 Å². The van der Waals surface area contributed by atoms with E-state index in [2.05, 4.69) is 55.4 Å². The smallest absolute Gasteiger partial charge is 0.0238 e. The van der Waals surface area contributed by atoms with E-state index in [-0.39, 0.29) is 0 Å². The van der Waals surface area contributed by atoms with E-state index in [1.54, 1.807) is 0 Å². The van der Waals surface area contributed by atoms with E-state index in [0.29, 0.717) is 21.7 Å². The Hall–Kier alpha value is 0. The average Bonchev–Trinajstić information content (AvgIpc) is 3.01. The van der Waals surface area contributed by atoms with Crippen molar-refractivity contribution in [2.24, 2.45) is 57.2 Å². The molecule has 138 valence electrons. The van der Waals surface area contributed by atoms with Gasteiger partial charge in [-0.25, -0.2) is 0 Å². The van der Waals surface area contributed by atoms with Crippen LogP contribution in [-0.4, -0.2) is 0 Å². The van der Waals surface area contributed by atoms with Crippen molar-refractivity contribution in [1.82, 2.24) is 0 Å². The molecule has 0 nitrogen and oxygen atoms in total. The first-order chi connectivity index (χ1) is 11.1. The number of rotatable bonds is 3.